The van der Waals surface area contributed by atoms with Crippen LogP contribution in [0.2, 0.25) is 0 Å². The minimum atomic E-state index is -0.621. The van der Waals surface area contributed by atoms with Crippen LogP contribution in [0.1, 0.15) is 109 Å². The molecule has 0 amide bonds. The number of hydrogen-bond acceptors (Lipinski definition) is 6. The number of ether oxygens (including phenoxy) is 5. The molecule has 7 rings (SSSR count). The van der Waals surface area contributed by atoms with Gasteiger partial charge in [-0.1, -0.05) is 162 Å². The predicted molar refractivity (Wildman–Crippen MR) is 258 cm³/mol. The van der Waals surface area contributed by atoms with Crippen molar-refractivity contribution in [2.45, 2.75) is 99.3 Å². The fraction of sp³-hybridized carbons (Fsp3) is 0.259. The average Bonchev–Trinajstić information content (AvgIpc) is 3.31. The van der Waals surface area contributed by atoms with Crippen molar-refractivity contribution >= 4 is 5.78 Å². The summed E-state index contributed by atoms with van der Waals surface area (Å²) in [7, 11) is 0. The van der Waals surface area contributed by atoms with Crippen LogP contribution in [0.4, 0.5) is 0 Å². The molecule has 1 atom stereocenters. The lowest BCUT2D eigenvalue weighted by Gasteiger charge is -2.31. The number of carbonyl (C=O) groups excluding carboxylic acids is 1. The van der Waals surface area contributed by atoms with E-state index in [0.717, 1.165) is 57.4 Å². The van der Waals surface area contributed by atoms with E-state index in [1.165, 1.54) is 11.1 Å². The Balaban J connectivity index is 1.33. The molecule has 0 saturated heterocycles. The Morgan fingerprint density at radius 2 is 1.03 bits per heavy atom. The van der Waals surface area contributed by atoms with Crippen LogP contribution in [0.25, 0.3) is 0 Å². The van der Waals surface area contributed by atoms with Crippen LogP contribution in [-0.2, 0) is 39.3 Å². The van der Waals surface area contributed by atoms with Crippen LogP contribution in [0.5, 0.6) is 28.7 Å². The van der Waals surface area contributed by atoms with Crippen LogP contribution < -0.4 is 23.7 Å². The van der Waals surface area contributed by atoms with Crippen molar-refractivity contribution in [3.63, 3.8) is 0 Å². The summed E-state index contributed by atoms with van der Waals surface area (Å²) < 4.78 is 33.8. The van der Waals surface area contributed by atoms with E-state index in [1.54, 1.807) is 0 Å². The third-order valence-corrected chi connectivity index (χ3v) is 11.2. The molecular formula is C58H60O6. The predicted octanol–water partition coefficient (Wildman–Crippen LogP) is 14.5. The highest BCUT2D eigenvalue weighted by atomic mass is 16.5. The Hall–Kier alpha value is -6.79. The zero-order valence-corrected chi connectivity index (χ0v) is 37.9. The maximum atomic E-state index is 14.9. The van der Waals surface area contributed by atoms with Crippen LogP contribution in [0.3, 0.4) is 0 Å². The molecule has 6 aromatic rings. The second-order valence-electron chi connectivity index (χ2n) is 16.9. The number of hydrogen-bond donors (Lipinski definition) is 0. The molecular weight excluding hydrogens is 793 g/mol. The summed E-state index contributed by atoms with van der Waals surface area (Å²) in [5.74, 6) is 2.76. The van der Waals surface area contributed by atoms with Gasteiger partial charge >= 0.3 is 0 Å². The fourth-order valence-electron chi connectivity index (χ4n) is 7.74. The van der Waals surface area contributed by atoms with Crippen molar-refractivity contribution in [2.75, 3.05) is 0 Å². The summed E-state index contributed by atoms with van der Waals surface area (Å²) in [4.78, 5) is 14.9. The molecule has 64 heavy (non-hydrogen) atoms. The normalized spacial score (nSPS) is 13.3. The van der Waals surface area contributed by atoms with Crippen molar-refractivity contribution in [3.8, 4) is 28.7 Å². The molecule has 1 aliphatic rings. The van der Waals surface area contributed by atoms with Crippen LogP contribution >= 0.6 is 0 Å². The Kier molecular flexibility index (Phi) is 15.9. The van der Waals surface area contributed by atoms with Gasteiger partial charge in [-0.15, -0.1) is 0 Å². The summed E-state index contributed by atoms with van der Waals surface area (Å²) in [6.07, 6.45) is 9.15. The molecule has 6 heteroatoms. The maximum absolute atomic E-state index is 14.9. The molecule has 0 unspecified atom stereocenters. The number of rotatable bonds is 20. The van der Waals surface area contributed by atoms with E-state index in [1.807, 2.05) is 115 Å². The highest BCUT2D eigenvalue weighted by molar-refractivity contribution is 6.03. The standard InChI is InChI=1S/C58H60O6/c1-41(2)19-18-20-43(5)30-32-49-48(33-34-52(60-37-44-21-10-6-11-22-44)57(49)62-39-46-25-14-8-15-26-46)54-35-51(59)56-55(64-54)36-53(61-38-45-23-12-7-13-24-45)50(31-29-42(3)4)58(56)63-40-47-27-16-9-17-28-47/h6-17,19,21-30,33-34,36,54H,18,20,31-32,35,37-40H2,1-5H3/b43-30+/t54-/m0/s1. The molecule has 6 aromatic carbocycles. The van der Waals surface area contributed by atoms with Gasteiger partial charge in [0.25, 0.3) is 0 Å². The second kappa shape index (κ2) is 22.5. The smallest absolute Gasteiger partial charge is 0.174 e. The first-order valence-electron chi connectivity index (χ1n) is 22.4. The van der Waals surface area contributed by atoms with Gasteiger partial charge in [-0.25, -0.2) is 0 Å². The number of fused-ring (bicyclic) bond motifs is 1. The van der Waals surface area contributed by atoms with Gasteiger partial charge in [0.05, 0.1) is 6.42 Å². The molecule has 1 heterocycles. The minimum absolute atomic E-state index is 0.0575. The lowest BCUT2D eigenvalue weighted by molar-refractivity contribution is 0.0839. The van der Waals surface area contributed by atoms with E-state index in [9.17, 15) is 4.79 Å². The molecule has 0 N–H and O–H groups in total. The van der Waals surface area contributed by atoms with E-state index in [-0.39, 0.29) is 18.8 Å². The van der Waals surface area contributed by atoms with Gasteiger partial charge in [0, 0.05) is 22.8 Å². The maximum Gasteiger partial charge on any atom is 0.174 e. The summed E-state index contributed by atoms with van der Waals surface area (Å²) in [5, 5.41) is 0. The van der Waals surface area contributed by atoms with E-state index in [0.29, 0.717) is 67.0 Å². The monoisotopic (exact) mass is 852 g/mol. The van der Waals surface area contributed by atoms with Crippen LogP contribution in [0, 0.1) is 0 Å². The van der Waals surface area contributed by atoms with Gasteiger partial charge in [0.15, 0.2) is 17.3 Å². The van der Waals surface area contributed by atoms with E-state index >= 15 is 0 Å². The van der Waals surface area contributed by atoms with Crippen molar-refractivity contribution in [1.29, 1.82) is 0 Å². The van der Waals surface area contributed by atoms with Crippen molar-refractivity contribution in [1.82, 2.24) is 0 Å². The summed E-state index contributed by atoms with van der Waals surface area (Å²) in [6.45, 7) is 11.9. The summed E-state index contributed by atoms with van der Waals surface area (Å²) in [6, 6.07) is 46.3. The van der Waals surface area contributed by atoms with E-state index < -0.39 is 6.10 Å². The molecule has 0 aromatic heterocycles. The van der Waals surface area contributed by atoms with Crippen molar-refractivity contribution in [3.05, 3.63) is 219 Å². The number of Topliss-reactive ketones (excluding diaryl/α,β-unsaturated/α-hetero) is 1. The van der Waals surface area contributed by atoms with Gasteiger partial charge in [-0.05, 0) is 88.6 Å². The van der Waals surface area contributed by atoms with Gasteiger partial charge in [0.1, 0.15) is 55.3 Å². The van der Waals surface area contributed by atoms with Gasteiger partial charge in [-0.2, -0.15) is 0 Å². The molecule has 1 aliphatic heterocycles. The fourth-order valence-corrected chi connectivity index (χ4v) is 7.74. The summed E-state index contributed by atoms with van der Waals surface area (Å²) in [5.41, 5.74) is 10.9. The quantitative estimate of drug-likeness (QED) is 0.0713. The van der Waals surface area contributed by atoms with Crippen LogP contribution in [0.15, 0.2) is 174 Å². The molecule has 0 radical (unpaired) electrons. The largest absolute Gasteiger partial charge is 0.488 e. The topological polar surface area (TPSA) is 63.2 Å². The Morgan fingerprint density at radius 1 is 0.547 bits per heavy atom. The zero-order chi connectivity index (χ0) is 44.7. The van der Waals surface area contributed by atoms with Crippen LogP contribution in [-0.4, -0.2) is 5.78 Å². The van der Waals surface area contributed by atoms with Gasteiger partial charge in [-0.3, -0.25) is 4.79 Å². The number of benzene rings is 6. The lowest BCUT2D eigenvalue weighted by Crippen LogP contribution is -2.23. The third-order valence-electron chi connectivity index (χ3n) is 11.2. The number of allylic oxidation sites excluding steroid dienone is 6. The SMILES string of the molecule is CC(C)=CCC/C(C)=C/Cc1c([C@@H]2CC(=O)c3c(cc(OCc4ccccc4)c(CC=C(C)C)c3OCc3ccccc3)O2)ccc(OCc2ccccc2)c1OCc1ccccc1. The number of ketones is 1. The zero-order valence-electron chi connectivity index (χ0n) is 37.9. The van der Waals surface area contributed by atoms with Crippen molar-refractivity contribution < 1.29 is 28.5 Å². The molecule has 6 nitrogen and oxygen atoms in total. The van der Waals surface area contributed by atoms with Crippen molar-refractivity contribution in [2.24, 2.45) is 0 Å². The molecule has 0 bridgehead atoms. The minimum Gasteiger partial charge on any atom is -0.488 e. The molecule has 0 fully saturated rings. The molecule has 0 spiro atoms. The first-order valence-corrected chi connectivity index (χ1v) is 22.4. The lowest BCUT2D eigenvalue weighted by atomic mass is 9.89. The van der Waals surface area contributed by atoms with Gasteiger partial charge < -0.3 is 23.7 Å². The Bertz CT molecular complexity index is 2550. The van der Waals surface area contributed by atoms with E-state index in [4.69, 9.17) is 23.7 Å². The number of carbonyl (C=O) groups is 1. The average molecular weight is 853 g/mol. The molecule has 328 valence electrons. The Labute approximate surface area is 379 Å². The van der Waals surface area contributed by atoms with Gasteiger partial charge in [0.2, 0.25) is 0 Å². The van der Waals surface area contributed by atoms with E-state index in [2.05, 4.69) is 77.1 Å². The summed E-state index contributed by atoms with van der Waals surface area (Å²) >= 11 is 0. The first-order chi connectivity index (χ1) is 31.2. The molecule has 0 aliphatic carbocycles. The first kappa shape index (κ1) is 45.2. The third kappa shape index (κ3) is 12.4. The highest BCUT2D eigenvalue weighted by Crippen LogP contribution is 2.48. The highest BCUT2D eigenvalue weighted by Gasteiger charge is 2.36. The molecule has 0 saturated carbocycles. The second-order valence-corrected chi connectivity index (χ2v) is 16.9. The Morgan fingerprint density at radius 3 is 1.56 bits per heavy atom.